The van der Waals surface area contributed by atoms with E-state index in [0.29, 0.717) is 0 Å². The number of amidine groups is 1. The topological polar surface area (TPSA) is 49.9 Å². The minimum Gasteiger partial charge on any atom is -0.379 e. The maximum absolute atomic E-state index is 7.02. The van der Waals surface area contributed by atoms with Gasteiger partial charge in [-0.1, -0.05) is 53.7 Å². The van der Waals surface area contributed by atoms with Gasteiger partial charge in [-0.15, -0.1) is 0 Å². The first-order chi connectivity index (χ1) is 6.68. The lowest BCUT2D eigenvalue weighted by Gasteiger charge is -1.95. The quantitative estimate of drug-likeness (QED) is 0.590. The summed E-state index contributed by atoms with van der Waals surface area (Å²) < 4.78 is 0. The second kappa shape index (κ2) is 5.50. The van der Waals surface area contributed by atoms with Crippen LogP contribution < -0.4 is 5.73 Å². The molecule has 0 spiro atoms. The fourth-order valence-corrected chi connectivity index (χ4v) is 1.47. The molecule has 0 unspecified atom stereocenters. The zero-order chi connectivity index (χ0) is 10.4. The maximum atomic E-state index is 7.02. The molecule has 0 saturated heterocycles. The smallest absolute Gasteiger partial charge is 0.151 e. The summed E-state index contributed by atoms with van der Waals surface area (Å²) in [7, 11) is 0. The maximum Gasteiger partial charge on any atom is 0.151 e. The molecule has 0 aliphatic carbocycles. The molecule has 0 fully saturated rings. The number of rotatable bonds is 3. The highest BCUT2D eigenvalue weighted by Gasteiger charge is 1.88. The fourth-order valence-electron chi connectivity index (χ4n) is 1.10. The van der Waals surface area contributed by atoms with Gasteiger partial charge in [0.2, 0.25) is 0 Å². The van der Waals surface area contributed by atoms with E-state index in [-0.39, 0.29) is 5.17 Å². The predicted octanol–water partition coefficient (Wildman–Crippen LogP) is 2.63. The normalized spacial score (nSPS) is 10.6. The minimum atomic E-state index is 0.166. The van der Waals surface area contributed by atoms with Crippen molar-refractivity contribution in [3.8, 4) is 0 Å². The van der Waals surface area contributed by atoms with Crippen LogP contribution in [0.15, 0.2) is 30.3 Å². The summed E-state index contributed by atoms with van der Waals surface area (Å²) in [6, 6.07) is 8.28. The highest BCUT2D eigenvalue weighted by molar-refractivity contribution is 8.13. The fraction of sp³-hybridized carbons (Fsp3) is 0.182. The van der Waals surface area contributed by atoms with E-state index in [1.54, 1.807) is 0 Å². The van der Waals surface area contributed by atoms with Crippen molar-refractivity contribution >= 4 is 23.0 Å². The van der Waals surface area contributed by atoms with Crippen LogP contribution >= 0.6 is 11.8 Å². The Kier molecular flexibility index (Phi) is 4.26. The lowest BCUT2D eigenvalue weighted by molar-refractivity contribution is 1.46. The minimum absolute atomic E-state index is 0.166. The molecule has 14 heavy (non-hydrogen) atoms. The molecule has 1 rings (SSSR count). The Hall–Kier alpha value is -1.22. The molecule has 2 nitrogen and oxygen atoms in total. The third-order valence-corrected chi connectivity index (χ3v) is 2.36. The molecule has 0 radical (unpaired) electrons. The summed E-state index contributed by atoms with van der Waals surface area (Å²) in [6.45, 7) is 2.07. The molecule has 3 heteroatoms. The van der Waals surface area contributed by atoms with Crippen LogP contribution in [0.5, 0.6) is 0 Å². The lowest BCUT2D eigenvalue weighted by Crippen LogP contribution is -2.03. The first kappa shape index (κ1) is 10.9. The summed E-state index contributed by atoms with van der Waals surface area (Å²) in [6.07, 6.45) is 4.06. The highest BCUT2D eigenvalue weighted by atomic mass is 32.2. The number of nitrogens with one attached hydrogen (secondary N) is 1. The second-order valence-corrected chi connectivity index (χ2v) is 4.05. The van der Waals surface area contributed by atoms with Crippen LogP contribution in [0.25, 0.3) is 6.08 Å². The van der Waals surface area contributed by atoms with E-state index in [1.807, 2.05) is 18.2 Å². The van der Waals surface area contributed by atoms with E-state index in [4.69, 9.17) is 11.1 Å². The van der Waals surface area contributed by atoms with Gasteiger partial charge in [0.15, 0.2) is 5.17 Å². The average molecular weight is 206 g/mol. The van der Waals surface area contributed by atoms with E-state index in [2.05, 4.69) is 25.1 Å². The van der Waals surface area contributed by atoms with Crippen LogP contribution in [0.1, 0.15) is 11.1 Å². The summed E-state index contributed by atoms with van der Waals surface area (Å²) >= 11 is 1.33. The zero-order valence-corrected chi connectivity index (χ0v) is 8.97. The van der Waals surface area contributed by atoms with Gasteiger partial charge in [0.05, 0.1) is 0 Å². The van der Waals surface area contributed by atoms with Gasteiger partial charge >= 0.3 is 0 Å². The number of nitrogens with two attached hydrogens (primary N) is 1. The van der Waals surface area contributed by atoms with E-state index >= 15 is 0 Å². The zero-order valence-electron chi connectivity index (χ0n) is 8.16. The molecule has 1 aromatic carbocycles. The number of thioether (sulfide) groups is 1. The third-order valence-electron chi connectivity index (χ3n) is 1.69. The molecule has 0 atom stereocenters. The number of benzene rings is 1. The van der Waals surface area contributed by atoms with E-state index in [0.717, 1.165) is 5.75 Å². The Bertz CT molecular complexity index is 345. The van der Waals surface area contributed by atoms with E-state index < -0.39 is 0 Å². The van der Waals surface area contributed by atoms with Gasteiger partial charge in [-0.3, -0.25) is 5.41 Å². The second-order valence-electron chi connectivity index (χ2n) is 2.99. The number of hydrogen-bond acceptors (Lipinski definition) is 2. The van der Waals surface area contributed by atoms with Crippen LogP contribution in [0.4, 0.5) is 0 Å². The molecule has 3 N–H and O–H groups in total. The average Bonchev–Trinajstić information content (AvgIpc) is 2.12. The van der Waals surface area contributed by atoms with Crippen molar-refractivity contribution in [3.63, 3.8) is 0 Å². The van der Waals surface area contributed by atoms with Gasteiger partial charge in [-0.05, 0) is 12.5 Å². The van der Waals surface area contributed by atoms with Crippen molar-refractivity contribution < 1.29 is 0 Å². The van der Waals surface area contributed by atoms with Crippen LogP contribution in [0, 0.1) is 12.3 Å². The summed E-state index contributed by atoms with van der Waals surface area (Å²) in [5.74, 6) is 0.753. The SMILES string of the molecule is Cc1cccc(/C=C/CSC(=N)N)c1. The van der Waals surface area contributed by atoms with Gasteiger partial charge in [0, 0.05) is 5.75 Å². The standard InChI is InChI=1S/C11H14N2S/c1-9-4-2-5-10(8-9)6-3-7-14-11(12)13/h2-6,8H,7H2,1H3,(H3,12,13)/b6-3+. The molecule has 0 aliphatic rings. The van der Waals surface area contributed by atoms with Gasteiger partial charge in [-0.2, -0.15) is 0 Å². The van der Waals surface area contributed by atoms with Crippen LogP contribution in [0.3, 0.4) is 0 Å². The van der Waals surface area contributed by atoms with Gasteiger partial charge in [-0.25, -0.2) is 0 Å². The number of hydrogen-bond donors (Lipinski definition) is 2. The third kappa shape index (κ3) is 4.14. The monoisotopic (exact) mass is 206 g/mol. The molecule has 0 aromatic heterocycles. The molecule has 0 heterocycles. The van der Waals surface area contributed by atoms with Crippen molar-refractivity contribution in [2.45, 2.75) is 6.92 Å². The number of aryl methyl sites for hydroxylation is 1. The predicted molar refractivity (Wildman–Crippen MR) is 64.6 cm³/mol. The summed E-state index contributed by atoms with van der Waals surface area (Å²) in [5.41, 5.74) is 7.65. The largest absolute Gasteiger partial charge is 0.379 e. The highest BCUT2D eigenvalue weighted by Crippen LogP contribution is 2.07. The summed E-state index contributed by atoms with van der Waals surface area (Å²) in [4.78, 5) is 0. The Balaban J connectivity index is 2.47. The van der Waals surface area contributed by atoms with Crippen LogP contribution in [0.2, 0.25) is 0 Å². The Morgan fingerprint density at radius 3 is 3.00 bits per heavy atom. The molecule has 0 amide bonds. The first-order valence-electron chi connectivity index (χ1n) is 4.38. The van der Waals surface area contributed by atoms with Crippen molar-refractivity contribution in [3.05, 3.63) is 41.5 Å². The molecule has 1 aromatic rings. The lowest BCUT2D eigenvalue weighted by atomic mass is 10.1. The summed E-state index contributed by atoms with van der Waals surface area (Å²) in [5, 5.41) is 7.18. The van der Waals surface area contributed by atoms with Gasteiger partial charge < -0.3 is 5.73 Å². The molecule has 0 saturated carbocycles. The van der Waals surface area contributed by atoms with Gasteiger partial charge in [0.25, 0.3) is 0 Å². The Morgan fingerprint density at radius 2 is 2.36 bits per heavy atom. The van der Waals surface area contributed by atoms with Crippen LogP contribution in [-0.4, -0.2) is 10.9 Å². The van der Waals surface area contributed by atoms with Crippen molar-refractivity contribution in [2.75, 3.05) is 5.75 Å². The Morgan fingerprint density at radius 1 is 1.57 bits per heavy atom. The van der Waals surface area contributed by atoms with Gasteiger partial charge in [0.1, 0.15) is 0 Å². The van der Waals surface area contributed by atoms with Crippen LogP contribution in [-0.2, 0) is 0 Å². The van der Waals surface area contributed by atoms with E-state index in [9.17, 15) is 0 Å². The molecular formula is C11H14N2S. The Labute approximate surface area is 88.7 Å². The van der Waals surface area contributed by atoms with Crippen molar-refractivity contribution in [1.29, 1.82) is 5.41 Å². The first-order valence-corrected chi connectivity index (χ1v) is 5.37. The molecule has 0 bridgehead atoms. The van der Waals surface area contributed by atoms with Crippen molar-refractivity contribution in [1.82, 2.24) is 0 Å². The van der Waals surface area contributed by atoms with Crippen molar-refractivity contribution in [2.24, 2.45) is 5.73 Å². The van der Waals surface area contributed by atoms with E-state index in [1.165, 1.54) is 22.9 Å². The molecule has 74 valence electrons. The molecule has 0 aliphatic heterocycles. The molecular weight excluding hydrogens is 192 g/mol.